The monoisotopic (exact) mass is 405 g/mol. The zero-order valence-electron chi connectivity index (χ0n) is 15.8. The van der Waals surface area contributed by atoms with Crippen LogP contribution in [0.3, 0.4) is 0 Å². The molecule has 1 N–H and O–H groups in total. The van der Waals surface area contributed by atoms with E-state index in [1.807, 2.05) is 0 Å². The molecule has 0 unspecified atom stereocenters. The molecule has 2 aliphatic heterocycles. The predicted molar refractivity (Wildman–Crippen MR) is 97.4 cm³/mol. The van der Waals surface area contributed by atoms with Crippen molar-refractivity contribution in [3.05, 3.63) is 41.9 Å². The van der Waals surface area contributed by atoms with Gasteiger partial charge in [-0.3, -0.25) is 14.3 Å². The summed E-state index contributed by atoms with van der Waals surface area (Å²) >= 11 is 0. The summed E-state index contributed by atoms with van der Waals surface area (Å²) in [5.41, 5.74) is -1.46. The van der Waals surface area contributed by atoms with Gasteiger partial charge in [0.1, 0.15) is 5.69 Å². The lowest BCUT2D eigenvalue weighted by molar-refractivity contribution is -0.128. The average molecular weight is 405 g/mol. The van der Waals surface area contributed by atoms with E-state index in [1.54, 1.807) is 24.4 Å². The van der Waals surface area contributed by atoms with Crippen LogP contribution >= 0.6 is 0 Å². The van der Waals surface area contributed by atoms with Crippen molar-refractivity contribution in [3.8, 4) is 5.88 Å². The SMILES string of the molecule is Cn1cc(C(=O)N2CC[C@]3(C2)C(=O)NC[C@@H]3COc2ccccn2)c(C(F)F)n1. The van der Waals surface area contributed by atoms with Gasteiger partial charge in [-0.05, 0) is 12.5 Å². The van der Waals surface area contributed by atoms with Gasteiger partial charge in [-0.2, -0.15) is 5.10 Å². The third-order valence-electron chi connectivity index (χ3n) is 5.70. The van der Waals surface area contributed by atoms with Gasteiger partial charge in [-0.15, -0.1) is 0 Å². The molecule has 4 rings (SSSR count). The molecule has 2 aliphatic rings. The van der Waals surface area contributed by atoms with Crippen molar-refractivity contribution in [1.82, 2.24) is 25.0 Å². The standard InChI is InChI=1S/C19H21F2N5O3/c1-25-9-13(15(24-25)16(20)21)17(27)26-7-5-19(11-26)12(8-23-18(19)28)10-29-14-4-2-3-6-22-14/h2-4,6,9,12,16H,5,7-8,10-11H2,1H3,(H,23,28)/t12-,19-/m1/s1. The number of hydrogen-bond acceptors (Lipinski definition) is 5. The number of halogens is 2. The van der Waals surface area contributed by atoms with Crippen LogP contribution in [-0.2, 0) is 11.8 Å². The number of amides is 2. The number of carbonyl (C=O) groups is 2. The van der Waals surface area contributed by atoms with E-state index in [0.717, 1.165) is 0 Å². The van der Waals surface area contributed by atoms with Crippen LogP contribution in [0.25, 0.3) is 0 Å². The number of hydrogen-bond donors (Lipinski definition) is 1. The number of aryl methyl sites for hydroxylation is 1. The Balaban J connectivity index is 1.50. The number of aromatic nitrogens is 3. The maximum atomic E-state index is 13.2. The van der Waals surface area contributed by atoms with Crippen molar-refractivity contribution in [3.63, 3.8) is 0 Å². The van der Waals surface area contributed by atoms with Gasteiger partial charge in [0.2, 0.25) is 11.8 Å². The van der Waals surface area contributed by atoms with Crippen molar-refractivity contribution in [2.75, 3.05) is 26.2 Å². The Bertz CT molecular complexity index is 920. The lowest BCUT2D eigenvalue weighted by Gasteiger charge is -2.28. The van der Waals surface area contributed by atoms with E-state index < -0.39 is 23.4 Å². The molecule has 0 aromatic carbocycles. The predicted octanol–water partition coefficient (Wildman–Crippen LogP) is 1.41. The summed E-state index contributed by atoms with van der Waals surface area (Å²) in [6.07, 6.45) is 0.519. The highest BCUT2D eigenvalue weighted by molar-refractivity contribution is 5.96. The minimum Gasteiger partial charge on any atom is -0.477 e. The third-order valence-corrected chi connectivity index (χ3v) is 5.70. The van der Waals surface area contributed by atoms with Gasteiger partial charge in [-0.1, -0.05) is 6.07 Å². The fraction of sp³-hybridized carbons (Fsp3) is 0.474. The molecule has 154 valence electrons. The van der Waals surface area contributed by atoms with Gasteiger partial charge in [-0.25, -0.2) is 13.8 Å². The van der Waals surface area contributed by atoms with Gasteiger partial charge in [0.25, 0.3) is 12.3 Å². The molecular formula is C19H21F2N5O3. The Morgan fingerprint density at radius 1 is 1.45 bits per heavy atom. The molecule has 0 aliphatic carbocycles. The summed E-state index contributed by atoms with van der Waals surface area (Å²) in [4.78, 5) is 31.1. The molecular weight excluding hydrogens is 384 g/mol. The van der Waals surface area contributed by atoms with Gasteiger partial charge in [0.15, 0.2) is 0 Å². The second kappa shape index (κ2) is 7.41. The first-order valence-electron chi connectivity index (χ1n) is 9.34. The normalized spacial score (nSPS) is 23.8. The van der Waals surface area contributed by atoms with Gasteiger partial charge in [0.05, 0.1) is 17.6 Å². The maximum absolute atomic E-state index is 13.2. The molecule has 0 bridgehead atoms. The molecule has 1 spiro atoms. The molecule has 2 amide bonds. The molecule has 2 atom stereocenters. The fourth-order valence-corrected chi connectivity index (χ4v) is 4.14. The van der Waals surface area contributed by atoms with E-state index in [9.17, 15) is 18.4 Å². The average Bonchev–Trinajstić information content (AvgIpc) is 3.40. The number of ether oxygens (including phenoxy) is 1. The van der Waals surface area contributed by atoms with E-state index >= 15 is 0 Å². The van der Waals surface area contributed by atoms with Crippen molar-refractivity contribution >= 4 is 11.8 Å². The summed E-state index contributed by atoms with van der Waals surface area (Å²) in [5, 5.41) is 6.56. The molecule has 10 heteroatoms. The van der Waals surface area contributed by atoms with Crippen LogP contribution in [0.1, 0.15) is 28.9 Å². The van der Waals surface area contributed by atoms with Crippen LogP contribution in [0.5, 0.6) is 5.88 Å². The first-order chi connectivity index (χ1) is 13.9. The number of nitrogens with one attached hydrogen (secondary N) is 1. The van der Waals surface area contributed by atoms with Crippen molar-refractivity contribution < 1.29 is 23.1 Å². The molecule has 2 saturated heterocycles. The van der Waals surface area contributed by atoms with Gasteiger partial charge >= 0.3 is 0 Å². The zero-order chi connectivity index (χ0) is 20.6. The lowest BCUT2D eigenvalue weighted by atomic mass is 9.77. The van der Waals surface area contributed by atoms with Crippen molar-refractivity contribution in [2.24, 2.45) is 18.4 Å². The molecule has 8 nitrogen and oxygen atoms in total. The van der Waals surface area contributed by atoms with E-state index in [2.05, 4.69) is 15.4 Å². The number of rotatable bonds is 5. The van der Waals surface area contributed by atoms with Crippen molar-refractivity contribution in [2.45, 2.75) is 12.8 Å². The molecule has 4 heterocycles. The Morgan fingerprint density at radius 3 is 3.00 bits per heavy atom. The lowest BCUT2D eigenvalue weighted by Crippen LogP contribution is -2.41. The molecule has 2 aromatic rings. The Kier molecular flexibility index (Phi) is 4.93. The number of alkyl halides is 2. The number of pyridine rings is 1. The topological polar surface area (TPSA) is 89.4 Å². The molecule has 0 radical (unpaired) electrons. The van der Waals surface area contributed by atoms with Crippen LogP contribution < -0.4 is 10.1 Å². The summed E-state index contributed by atoms with van der Waals surface area (Å²) in [6, 6.07) is 5.32. The quantitative estimate of drug-likeness (QED) is 0.813. The first kappa shape index (κ1) is 19.3. The highest BCUT2D eigenvalue weighted by Crippen LogP contribution is 2.42. The van der Waals surface area contributed by atoms with Gasteiger partial charge < -0.3 is 15.0 Å². The first-order valence-corrected chi connectivity index (χ1v) is 9.34. The third kappa shape index (κ3) is 3.43. The minimum absolute atomic E-state index is 0.126. The van der Waals surface area contributed by atoms with Crippen LogP contribution in [0, 0.1) is 11.3 Å². The molecule has 0 saturated carbocycles. The van der Waals surface area contributed by atoms with Crippen molar-refractivity contribution in [1.29, 1.82) is 0 Å². The number of carbonyl (C=O) groups excluding carboxylic acids is 2. The van der Waals surface area contributed by atoms with Crippen LogP contribution in [0.15, 0.2) is 30.6 Å². The summed E-state index contributed by atoms with van der Waals surface area (Å²) < 4.78 is 33.4. The van der Waals surface area contributed by atoms with Crippen LogP contribution in [-0.4, -0.2) is 57.7 Å². The smallest absolute Gasteiger partial charge is 0.282 e. The Labute approximate surface area is 165 Å². The maximum Gasteiger partial charge on any atom is 0.282 e. The Morgan fingerprint density at radius 2 is 2.28 bits per heavy atom. The summed E-state index contributed by atoms with van der Waals surface area (Å²) in [7, 11) is 1.49. The minimum atomic E-state index is -2.85. The highest BCUT2D eigenvalue weighted by atomic mass is 19.3. The summed E-state index contributed by atoms with van der Waals surface area (Å²) in [6.45, 7) is 1.17. The van der Waals surface area contributed by atoms with E-state index in [-0.39, 0.29) is 30.5 Å². The number of likely N-dealkylation sites (tertiary alicyclic amines) is 1. The largest absolute Gasteiger partial charge is 0.477 e. The highest BCUT2D eigenvalue weighted by Gasteiger charge is 2.55. The second-order valence-corrected chi connectivity index (χ2v) is 7.42. The zero-order valence-corrected chi connectivity index (χ0v) is 15.8. The van der Waals surface area contributed by atoms with Crippen LogP contribution in [0.2, 0.25) is 0 Å². The van der Waals surface area contributed by atoms with E-state index in [1.165, 1.54) is 22.8 Å². The molecule has 2 aromatic heterocycles. The molecule has 2 fully saturated rings. The van der Waals surface area contributed by atoms with Crippen LogP contribution in [0.4, 0.5) is 8.78 Å². The second-order valence-electron chi connectivity index (χ2n) is 7.42. The van der Waals surface area contributed by atoms with E-state index in [4.69, 9.17) is 4.74 Å². The van der Waals surface area contributed by atoms with E-state index in [0.29, 0.717) is 25.4 Å². The summed E-state index contributed by atoms with van der Waals surface area (Å²) in [5.74, 6) is -0.361. The molecule has 29 heavy (non-hydrogen) atoms. The van der Waals surface area contributed by atoms with Gasteiger partial charge in [0, 0.05) is 51.1 Å². The number of nitrogens with zero attached hydrogens (tertiary/aromatic N) is 4. The Hall–Kier alpha value is -3.04. The fourth-order valence-electron chi connectivity index (χ4n) is 4.14.